The summed E-state index contributed by atoms with van der Waals surface area (Å²) in [5.41, 5.74) is 2.13. The molecule has 1 N–H and O–H groups in total. The molecule has 1 amide bonds. The lowest BCUT2D eigenvalue weighted by Gasteiger charge is -2.22. The zero-order valence-corrected chi connectivity index (χ0v) is 14.5. The van der Waals surface area contributed by atoms with Crippen LogP contribution in [0.1, 0.15) is 49.7 Å². The fraction of sp³-hybridized carbons (Fsp3) is 0.450. The number of aromatic nitrogens is 2. The van der Waals surface area contributed by atoms with Gasteiger partial charge in [-0.2, -0.15) is 0 Å². The molecular formula is C20H25N3O2. The van der Waals surface area contributed by atoms with E-state index in [0.29, 0.717) is 18.8 Å². The van der Waals surface area contributed by atoms with Gasteiger partial charge in [-0.1, -0.05) is 6.42 Å². The Morgan fingerprint density at radius 2 is 1.84 bits per heavy atom. The molecular weight excluding hydrogens is 314 g/mol. The van der Waals surface area contributed by atoms with Gasteiger partial charge in [0.2, 0.25) is 11.8 Å². The smallest absolute Gasteiger partial charge is 0.220 e. The molecule has 1 saturated carbocycles. The van der Waals surface area contributed by atoms with Crippen molar-refractivity contribution in [2.75, 3.05) is 0 Å². The molecule has 1 aliphatic carbocycles. The molecule has 2 aromatic rings. The van der Waals surface area contributed by atoms with Crippen LogP contribution in [0.4, 0.5) is 0 Å². The van der Waals surface area contributed by atoms with Gasteiger partial charge in [0.05, 0.1) is 0 Å². The third-order valence-corrected chi connectivity index (χ3v) is 4.52. The second-order valence-corrected chi connectivity index (χ2v) is 6.51. The maximum Gasteiger partial charge on any atom is 0.220 e. The third kappa shape index (κ3) is 5.85. The summed E-state index contributed by atoms with van der Waals surface area (Å²) in [4.78, 5) is 20.3. The van der Waals surface area contributed by atoms with E-state index < -0.39 is 0 Å². The number of hydrogen-bond donors (Lipinski definition) is 1. The van der Waals surface area contributed by atoms with Crippen LogP contribution in [-0.4, -0.2) is 22.0 Å². The molecule has 132 valence electrons. The molecule has 0 atom stereocenters. The minimum atomic E-state index is 0.0448. The summed E-state index contributed by atoms with van der Waals surface area (Å²) >= 11 is 0. The van der Waals surface area contributed by atoms with E-state index in [4.69, 9.17) is 4.74 Å². The highest BCUT2D eigenvalue weighted by molar-refractivity contribution is 5.76. The number of carbonyl (C=O) groups is 1. The van der Waals surface area contributed by atoms with Crippen LogP contribution < -0.4 is 10.1 Å². The zero-order chi connectivity index (χ0) is 17.3. The van der Waals surface area contributed by atoms with Crippen molar-refractivity contribution in [1.82, 2.24) is 15.3 Å². The second-order valence-electron chi connectivity index (χ2n) is 6.51. The number of nitrogens with one attached hydrogen (secondary N) is 1. The quantitative estimate of drug-likeness (QED) is 0.839. The Hall–Kier alpha value is -2.43. The first-order valence-electron chi connectivity index (χ1n) is 9.07. The van der Waals surface area contributed by atoms with Crippen molar-refractivity contribution in [3.05, 3.63) is 54.0 Å². The number of nitrogens with zero attached hydrogens (tertiary/aromatic N) is 2. The molecule has 0 saturated heterocycles. The minimum Gasteiger partial charge on any atom is -0.474 e. The molecule has 2 aromatic heterocycles. The van der Waals surface area contributed by atoms with Gasteiger partial charge >= 0.3 is 0 Å². The molecule has 0 unspecified atom stereocenters. The Morgan fingerprint density at radius 3 is 2.64 bits per heavy atom. The van der Waals surface area contributed by atoms with Crippen LogP contribution in [0.2, 0.25) is 0 Å². The average molecular weight is 339 g/mol. The lowest BCUT2D eigenvalue weighted by Crippen LogP contribution is -2.23. The van der Waals surface area contributed by atoms with Gasteiger partial charge in [0.15, 0.2) is 0 Å². The SMILES string of the molecule is O=C(CCc1ccncc1)NCc1ccnc(OC2CCCCC2)c1. The predicted octanol–water partition coefficient (Wildman–Crippen LogP) is 3.44. The van der Waals surface area contributed by atoms with Crippen LogP contribution in [0.3, 0.4) is 0 Å². The second kappa shape index (κ2) is 9.16. The van der Waals surface area contributed by atoms with Crippen molar-refractivity contribution in [3.63, 3.8) is 0 Å². The molecule has 25 heavy (non-hydrogen) atoms. The standard InChI is InChI=1S/C20H25N3O2/c24-19(7-6-16-8-11-21-12-9-16)23-15-17-10-13-22-20(14-17)25-18-4-2-1-3-5-18/h8-14,18H,1-7,15H2,(H,23,24). The van der Waals surface area contributed by atoms with E-state index in [1.165, 1.54) is 19.3 Å². The molecule has 0 aliphatic heterocycles. The molecule has 2 heterocycles. The number of aryl methyl sites for hydroxylation is 1. The van der Waals surface area contributed by atoms with E-state index in [1.807, 2.05) is 24.3 Å². The van der Waals surface area contributed by atoms with Crippen molar-refractivity contribution in [2.24, 2.45) is 0 Å². The van der Waals surface area contributed by atoms with Crippen molar-refractivity contribution in [3.8, 4) is 5.88 Å². The largest absolute Gasteiger partial charge is 0.474 e. The van der Waals surface area contributed by atoms with Gasteiger partial charge in [0.1, 0.15) is 6.10 Å². The zero-order valence-electron chi connectivity index (χ0n) is 14.5. The van der Waals surface area contributed by atoms with Crippen molar-refractivity contribution >= 4 is 5.91 Å². The van der Waals surface area contributed by atoms with Crippen LogP contribution in [0, 0.1) is 0 Å². The van der Waals surface area contributed by atoms with Crippen LogP contribution in [-0.2, 0) is 17.8 Å². The Balaban J connectivity index is 1.44. The normalized spacial score (nSPS) is 14.9. The highest BCUT2D eigenvalue weighted by Crippen LogP contribution is 2.22. The van der Waals surface area contributed by atoms with Gasteiger partial charge in [0.25, 0.3) is 0 Å². The lowest BCUT2D eigenvalue weighted by atomic mass is 9.98. The summed E-state index contributed by atoms with van der Waals surface area (Å²) in [6, 6.07) is 7.71. The van der Waals surface area contributed by atoms with E-state index >= 15 is 0 Å². The van der Waals surface area contributed by atoms with E-state index in [0.717, 1.165) is 30.4 Å². The monoisotopic (exact) mass is 339 g/mol. The molecule has 5 heteroatoms. The molecule has 0 spiro atoms. The predicted molar refractivity (Wildman–Crippen MR) is 96.1 cm³/mol. The minimum absolute atomic E-state index is 0.0448. The van der Waals surface area contributed by atoms with E-state index in [9.17, 15) is 4.79 Å². The first-order chi connectivity index (χ1) is 12.3. The highest BCUT2D eigenvalue weighted by Gasteiger charge is 2.15. The number of amides is 1. The number of carbonyl (C=O) groups excluding carboxylic acids is 1. The van der Waals surface area contributed by atoms with E-state index in [1.54, 1.807) is 18.6 Å². The summed E-state index contributed by atoms with van der Waals surface area (Å²) in [5.74, 6) is 0.707. The molecule has 1 aliphatic rings. The number of ether oxygens (including phenoxy) is 1. The maximum atomic E-state index is 12.0. The Labute approximate surface area is 148 Å². The summed E-state index contributed by atoms with van der Waals surface area (Å²) in [5, 5.41) is 2.96. The van der Waals surface area contributed by atoms with Gasteiger partial charge < -0.3 is 10.1 Å². The van der Waals surface area contributed by atoms with Crippen molar-refractivity contribution in [2.45, 2.75) is 57.6 Å². The van der Waals surface area contributed by atoms with Gasteiger partial charge in [-0.05, 0) is 61.4 Å². The molecule has 3 rings (SSSR count). The molecule has 5 nitrogen and oxygen atoms in total. The molecule has 0 bridgehead atoms. The fourth-order valence-electron chi connectivity index (χ4n) is 3.07. The fourth-order valence-corrected chi connectivity index (χ4v) is 3.07. The van der Waals surface area contributed by atoms with Crippen LogP contribution >= 0.6 is 0 Å². The van der Waals surface area contributed by atoms with E-state index in [-0.39, 0.29) is 12.0 Å². The Morgan fingerprint density at radius 1 is 1.08 bits per heavy atom. The molecule has 0 radical (unpaired) electrons. The topological polar surface area (TPSA) is 64.1 Å². The Bertz CT molecular complexity index is 670. The molecule has 0 aromatic carbocycles. The van der Waals surface area contributed by atoms with Gasteiger partial charge in [-0.25, -0.2) is 4.98 Å². The number of rotatable bonds is 7. The number of pyridine rings is 2. The first-order valence-corrected chi connectivity index (χ1v) is 9.07. The third-order valence-electron chi connectivity index (χ3n) is 4.52. The van der Waals surface area contributed by atoms with Crippen molar-refractivity contribution < 1.29 is 9.53 Å². The van der Waals surface area contributed by atoms with Gasteiger partial charge in [-0.3, -0.25) is 9.78 Å². The van der Waals surface area contributed by atoms with E-state index in [2.05, 4.69) is 15.3 Å². The van der Waals surface area contributed by atoms with Crippen molar-refractivity contribution in [1.29, 1.82) is 0 Å². The lowest BCUT2D eigenvalue weighted by molar-refractivity contribution is -0.121. The van der Waals surface area contributed by atoms with Crippen LogP contribution in [0.5, 0.6) is 5.88 Å². The summed E-state index contributed by atoms with van der Waals surface area (Å²) < 4.78 is 5.98. The summed E-state index contributed by atoms with van der Waals surface area (Å²) in [7, 11) is 0. The first kappa shape index (κ1) is 17.4. The molecule has 1 fully saturated rings. The van der Waals surface area contributed by atoms with Crippen LogP contribution in [0.15, 0.2) is 42.9 Å². The van der Waals surface area contributed by atoms with Gasteiger partial charge in [-0.15, -0.1) is 0 Å². The van der Waals surface area contributed by atoms with Gasteiger partial charge in [0, 0.05) is 37.6 Å². The Kier molecular flexibility index (Phi) is 6.37. The highest BCUT2D eigenvalue weighted by atomic mass is 16.5. The average Bonchev–Trinajstić information content (AvgIpc) is 2.67. The summed E-state index contributed by atoms with van der Waals surface area (Å²) in [6.45, 7) is 0.499. The number of hydrogen-bond acceptors (Lipinski definition) is 4. The van der Waals surface area contributed by atoms with Crippen LogP contribution in [0.25, 0.3) is 0 Å². The summed E-state index contributed by atoms with van der Waals surface area (Å²) in [6.07, 6.45) is 12.7. The maximum absolute atomic E-state index is 12.0.